The largest absolute Gasteiger partial charge is 0.451 e. The van der Waals surface area contributed by atoms with Crippen molar-refractivity contribution in [3.05, 3.63) is 66.5 Å². The summed E-state index contributed by atoms with van der Waals surface area (Å²) in [5.74, 6) is -0.264. The third-order valence-corrected chi connectivity index (χ3v) is 2.63. The highest BCUT2D eigenvalue weighted by atomic mass is 16.5. The molecule has 0 radical (unpaired) electrons. The normalized spacial score (nSPS) is 11.8. The highest BCUT2D eigenvalue weighted by Crippen LogP contribution is 2.17. The van der Waals surface area contributed by atoms with Crippen LogP contribution in [0.15, 0.2) is 60.9 Å². The Morgan fingerprint density at radius 2 is 1.72 bits per heavy atom. The molecule has 92 valence electrons. The van der Waals surface area contributed by atoms with Crippen LogP contribution in [0.5, 0.6) is 0 Å². The van der Waals surface area contributed by atoms with Gasteiger partial charge in [-0.15, -0.1) is 0 Å². The van der Waals surface area contributed by atoms with Gasteiger partial charge < -0.3 is 4.74 Å². The first-order valence-corrected chi connectivity index (χ1v) is 5.92. The van der Waals surface area contributed by atoms with E-state index in [9.17, 15) is 4.79 Å². The lowest BCUT2D eigenvalue weighted by atomic mass is 10.1. The molecule has 1 atom stereocenters. The Morgan fingerprint density at radius 3 is 2.33 bits per heavy atom. The summed E-state index contributed by atoms with van der Waals surface area (Å²) >= 11 is 0. The van der Waals surface area contributed by atoms with Gasteiger partial charge in [-0.05, 0) is 5.56 Å². The molecule has 1 heterocycles. The molecule has 0 fully saturated rings. The van der Waals surface area contributed by atoms with Crippen molar-refractivity contribution in [3.8, 4) is 0 Å². The average molecular weight is 242 g/mol. The fraction of sp³-hybridized carbons (Fsp3) is 0.200. The Morgan fingerprint density at radius 1 is 1.11 bits per heavy atom. The van der Waals surface area contributed by atoms with E-state index in [0.29, 0.717) is 6.54 Å². The lowest BCUT2D eigenvalue weighted by Crippen LogP contribution is -2.36. The first-order valence-electron chi connectivity index (χ1n) is 5.92. The molecule has 2 aromatic rings. The van der Waals surface area contributed by atoms with Crippen molar-refractivity contribution in [2.75, 3.05) is 0 Å². The van der Waals surface area contributed by atoms with Crippen LogP contribution in [0, 0.1) is 0 Å². The summed E-state index contributed by atoms with van der Waals surface area (Å²) in [7, 11) is 0. The molecule has 0 amide bonds. The van der Waals surface area contributed by atoms with Gasteiger partial charge in [0.1, 0.15) is 0 Å². The van der Waals surface area contributed by atoms with E-state index >= 15 is 0 Å². The second-order valence-electron chi connectivity index (χ2n) is 4.08. The van der Waals surface area contributed by atoms with Crippen LogP contribution >= 0.6 is 0 Å². The Labute approximate surface area is 107 Å². The number of hydrogen-bond acceptors (Lipinski definition) is 2. The van der Waals surface area contributed by atoms with Crippen LogP contribution in [0.1, 0.15) is 18.6 Å². The van der Waals surface area contributed by atoms with Crippen LogP contribution in [0.4, 0.5) is 0 Å². The maximum Gasteiger partial charge on any atom is 0.303 e. The average Bonchev–Trinajstić information content (AvgIpc) is 2.40. The number of carbonyl (C=O) groups is 1. The van der Waals surface area contributed by atoms with E-state index in [1.54, 1.807) is 0 Å². The minimum absolute atomic E-state index is 0.254. The SMILES string of the molecule is CC(=O)O[C@@H](C[n+]1ccccc1)c1ccccc1. The molecular weight excluding hydrogens is 226 g/mol. The smallest absolute Gasteiger partial charge is 0.303 e. The van der Waals surface area contributed by atoms with Crippen LogP contribution in [-0.2, 0) is 16.1 Å². The van der Waals surface area contributed by atoms with Crippen molar-refractivity contribution in [3.63, 3.8) is 0 Å². The number of hydrogen-bond donors (Lipinski definition) is 0. The molecule has 0 saturated carbocycles. The van der Waals surface area contributed by atoms with Crippen LogP contribution in [0.25, 0.3) is 0 Å². The summed E-state index contributed by atoms with van der Waals surface area (Å²) in [6.45, 7) is 2.05. The van der Waals surface area contributed by atoms with Gasteiger partial charge in [0.05, 0.1) is 0 Å². The number of esters is 1. The van der Waals surface area contributed by atoms with E-state index in [-0.39, 0.29) is 12.1 Å². The number of rotatable bonds is 4. The van der Waals surface area contributed by atoms with Crippen molar-refractivity contribution >= 4 is 5.97 Å². The lowest BCUT2D eigenvalue weighted by molar-refractivity contribution is -0.704. The Balaban J connectivity index is 2.18. The molecule has 3 nitrogen and oxygen atoms in total. The second-order valence-corrected chi connectivity index (χ2v) is 4.08. The Kier molecular flexibility index (Phi) is 4.07. The molecule has 0 aliphatic heterocycles. The van der Waals surface area contributed by atoms with Crippen molar-refractivity contribution in [1.82, 2.24) is 0 Å². The van der Waals surface area contributed by atoms with Crippen LogP contribution < -0.4 is 4.57 Å². The third kappa shape index (κ3) is 3.42. The number of nitrogens with zero attached hydrogens (tertiary/aromatic N) is 1. The highest BCUT2D eigenvalue weighted by molar-refractivity contribution is 5.66. The molecule has 0 saturated heterocycles. The van der Waals surface area contributed by atoms with Gasteiger partial charge in [0, 0.05) is 19.1 Å². The molecule has 0 N–H and O–H groups in total. The number of aromatic nitrogens is 1. The van der Waals surface area contributed by atoms with Crippen molar-refractivity contribution in [1.29, 1.82) is 0 Å². The van der Waals surface area contributed by atoms with E-state index in [4.69, 9.17) is 4.74 Å². The van der Waals surface area contributed by atoms with Gasteiger partial charge in [-0.3, -0.25) is 4.79 Å². The fourth-order valence-electron chi connectivity index (χ4n) is 1.83. The molecule has 0 bridgehead atoms. The molecule has 0 unspecified atom stereocenters. The number of ether oxygens (including phenoxy) is 1. The van der Waals surface area contributed by atoms with Gasteiger partial charge in [-0.1, -0.05) is 36.4 Å². The maximum absolute atomic E-state index is 11.2. The van der Waals surface area contributed by atoms with Gasteiger partial charge in [-0.25, -0.2) is 4.57 Å². The Bertz CT molecular complexity index is 496. The first kappa shape index (κ1) is 12.3. The van der Waals surface area contributed by atoms with Crippen LogP contribution in [0.2, 0.25) is 0 Å². The molecule has 18 heavy (non-hydrogen) atoms. The summed E-state index contributed by atoms with van der Waals surface area (Å²) in [6.07, 6.45) is 3.66. The highest BCUT2D eigenvalue weighted by Gasteiger charge is 2.19. The Hall–Kier alpha value is -2.16. The third-order valence-electron chi connectivity index (χ3n) is 2.63. The quantitative estimate of drug-likeness (QED) is 0.608. The molecule has 1 aromatic heterocycles. The zero-order valence-electron chi connectivity index (χ0n) is 10.3. The van der Waals surface area contributed by atoms with Crippen LogP contribution in [0.3, 0.4) is 0 Å². The minimum Gasteiger partial charge on any atom is -0.451 e. The summed E-state index contributed by atoms with van der Waals surface area (Å²) in [6, 6.07) is 15.6. The molecule has 0 aliphatic rings. The van der Waals surface area contributed by atoms with Crippen molar-refractivity contribution in [2.45, 2.75) is 19.6 Å². The van der Waals surface area contributed by atoms with Gasteiger partial charge >= 0.3 is 5.97 Å². The summed E-state index contributed by atoms with van der Waals surface area (Å²) in [4.78, 5) is 11.2. The van der Waals surface area contributed by atoms with Gasteiger partial charge in [0.25, 0.3) is 0 Å². The van der Waals surface area contributed by atoms with E-state index in [1.807, 2.05) is 65.5 Å². The van der Waals surface area contributed by atoms with E-state index in [1.165, 1.54) is 6.92 Å². The van der Waals surface area contributed by atoms with Crippen molar-refractivity contribution < 1.29 is 14.1 Å². The van der Waals surface area contributed by atoms with Gasteiger partial charge in [0.2, 0.25) is 0 Å². The molecule has 0 spiro atoms. The number of carbonyl (C=O) groups excluding carboxylic acids is 1. The van der Waals surface area contributed by atoms with E-state index in [0.717, 1.165) is 5.56 Å². The first-order chi connectivity index (χ1) is 8.75. The lowest BCUT2D eigenvalue weighted by Gasteiger charge is -2.14. The predicted octanol–water partition coefficient (Wildman–Crippen LogP) is 2.28. The molecule has 0 aliphatic carbocycles. The number of pyridine rings is 1. The minimum atomic E-state index is -0.264. The summed E-state index contributed by atoms with van der Waals surface area (Å²) in [5, 5.41) is 0. The molecular formula is C15H16NO2+. The molecule has 2 rings (SSSR count). The fourth-order valence-corrected chi connectivity index (χ4v) is 1.83. The van der Waals surface area contributed by atoms with E-state index < -0.39 is 0 Å². The zero-order valence-corrected chi connectivity index (χ0v) is 10.3. The summed E-state index contributed by atoms with van der Waals surface area (Å²) in [5.41, 5.74) is 1.00. The monoisotopic (exact) mass is 242 g/mol. The maximum atomic E-state index is 11.2. The predicted molar refractivity (Wildman–Crippen MR) is 67.6 cm³/mol. The molecule has 1 aromatic carbocycles. The zero-order chi connectivity index (χ0) is 12.8. The van der Waals surface area contributed by atoms with Gasteiger partial charge in [0.15, 0.2) is 25.0 Å². The number of benzene rings is 1. The van der Waals surface area contributed by atoms with Crippen LogP contribution in [-0.4, -0.2) is 5.97 Å². The summed E-state index contributed by atoms with van der Waals surface area (Å²) < 4.78 is 7.38. The topological polar surface area (TPSA) is 30.2 Å². The van der Waals surface area contributed by atoms with E-state index in [2.05, 4.69) is 0 Å². The van der Waals surface area contributed by atoms with Gasteiger partial charge in [-0.2, -0.15) is 0 Å². The standard InChI is InChI=1S/C15H16NO2/c1-13(17)18-15(14-8-4-2-5-9-14)12-16-10-6-3-7-11-16/h2-11,15H,12H2,1H3/q+1/t15-/m0/s1. The molecule has 3 heteroatoms. The second kappa shape index (κ2) is 5.96. The van der Waals surface area contributed by atoms with Crippen molar-refractivity contribution in [2.24, 2.45) is 0 Å².